The fraction of sp³-hybridized carbons (Fsp3) is 0.238. The van der Waals surface area contributed by atoms with Gasteiger partial charge in [0.1, 0.15) is 5.75 Å². The third-order valence-electron chi connectivity index (χ3n) is 4.34. The van der Waals surface area contributed by atoms with Crippen molar-refractivity contribution in [2.45, 2.75) is 13.1 Å². The van der Waals surface area contributed by atoms with E-state index in [0.29, 0.717) is 12.3 Å². The van der Waals surface area contributed by atoms with Gasteiger partial charge in [0.15, 0.2) is 11.5 Å². The summed E-state index contributed by atoms with van der Waals surface area (Å²) >= 11 is 0. The molecule has 4 nitrogen and oxygen atoms in total. The van der Waals surface area contributed by atoms with E-state index in [0.717, 1.165) is 39.9 Å². The Hall–Kier alpha value is -2.72. The highest BCUT2D eigenvalue weighted by Crippen LogP contribution is 2.30. The van der Waals surface area contributed by atoms with Crippen molar-refractivity contribution in [2.75, 3.05) is 21.3 Å². The first-order valence-corrected chi connectivity index (χ1v) is 8.21. The van der Waals surface area contributed by atoms with Gasteiger partial charge in [0.25, 0.3) is 0 Å². The number of rotatable bonds is 6. The molecule has 0 atom stereocenters. The molecule has 1 N–H and O–H groups in total. The van der Waals surface area contributed by atoms with E-state index in [1.54, 1.807) is 20.3 Å². The molecule has 25 heavy (non-hydrogen) atoms. The average molecular weight is 337 g/mol. The maximum atomic E-state index is 10.3. The molecule has 0 radical (unpaired) electrons. The monoisotopic (exact) mass is 337 g/mol. The Kier molecular flexibility index (Phi) is 5.10. The Bertz CT molecular complexity index is 876. The predicted molar refractivity (Wildman–Crippen MR) is 100 cm³/mol. The highest BCUT2D eigenvalue weighted by Gasteiger charge is 2.11. The van der Waals surface area contributed by atoms with Gasteiger partial charge in [0.2, 0.25) is 0 Å². The molecule has 0 saturated heterocycles. The molecule has 3 aromatic rings. The van der Waals surface area contributed by atoms with E-state index in [-0.39, 0.29) is 0 Å². The van der Waals surface area contributed by atoms with E-state index in [9.17, 15) is 5.11 Å². The number of hydrogen-bond acceptors (Lipinski definition) is 4. The summed E-state index contributed by atoms with van der Waals surface area (Å²) in [5, 5.41) is 12.5. The average Bonchev–Trinajstić information content (AvgIpc) is 2.64. The zero-order chi connectivity index (χ0) is 17.8. The molecule has 0 fully saturated rings. The van der Waals surface area contributed by atoms with Crippen LogP contribution in [0.15, 0.2) is 54.6 Å². The van der Waals surface area contributed by atoms with Crippen LogP contribution in [0.4, 0.5) is 0 Å². The molecule has 0 bridgehead atoms. The zero-order valence-electron chi connectivity index (χ0n) is 14.8. The van der Waals surface area contributed by atoms with Crippen molar-refractivity contribution in [3.8, 4) is 17.2 Å². The summed E-state index contributed by atoms with van der Waals surface area (Å²) in [6.45, 7) is 1.39. The SMILES string of the molecule is COc1ccc(CN(C)Cc2c(O)ccc3ccccc23)cc1OC. The summed E-state index contributed by atoms with van der Waals surface area (Å²) in [7, 11) is 5.31. The molecule has 0 aliphatic heterocycles. The molecule has 0 saturated carbocycles. The van der Waals surface area contributed by atoms with E-state index in [1.165, 1.54) is 0 Å². The molecule has 4 heteroatoms. The number of phenols is 1. The second-order valence-corrected chi connectivity index (χ2v) is 6.15. The summed E-state index contributed by atoms with van der Waals surface area (Å²) in [5.41, 5.74) is 2.07. The molecule has 0 aliphatic rings. The fourth-order valence-corrected chi connectivity index (χ4v) is 3.11. The summed E-state index contributed by atoms with van der Waals surface area (Å²) in [4.78, 5) is 2.17. The van der Waals surface area contributed by atoms with E-state index in [2.05, 4.69) is 17.0 Å². The summed E-state index contributed by atoms with van der Waals surface area (Å²) in [6.07, 6.45) is 0. The van der Waals surface area contributed by atoms with Gasteiger partial charge in [-0.1, -0.05) is 36.4 Å². The van der Waals surface area contributed by atoms with Crippen molar-refractivity contribution in [2.24, 2.45) is 0 Å². The Morgan fingerprint density at radius 1 is 0.880 bits per heavy atom. The lowest BCUT2D eigenvalue weighted by molar-refractivity contribution is 0.312. The molecule has 0 aromatic heterocycles. The van der Waals surface area contributed by atoms with E-state index < -0.39 is 0 Å². The Morgan fingerprint density at radius 3 is 2.40 bits per heavy atom. The molecule has 0 aliphatic carbocycles. The third kappa shape index (κ3) is 3.69. The van der Waals surface area contributed by atoms with Crippen LogP contribution >= 0.6 is 0 Å². The lowest BCUT2D eigenvalue weighted by Gasteiger charge is -2.19. The smallest absolute Gasteiger partial charge is 0.161 e. The van der Waals surface area contributed by atoms with Gasteiger partial charge in [0, 0.05) is 18.7 Å². The first kappa shape index (κ1) is 17.1. The number of phenolic OH excluding ortho intramolecular Hbond substituents is 1. The minimum atomic E-state index is 0.331. The van der Waals surface area contributed by atoms with Crippen LogP contribution in [-0.2, 0) is 13.1 Å². The van der Waals surface area contributed by atoms with Gasteiger partial charge >= 0.3 is 0 Å². The minimum Gasteiger partial charge on any atom is -0.508 e. The fourth-order valence-electron chi connectivity index (χ4n) is 3.11. The van der Waals surface area contributed by atoms with Crippen LogP contribution in [0, 0.1) is 0 Å². The lowest BCUT2D eigenvalue weighted by Crippen LogP contribution is -2.17. The highest BCUT2D eigenvalue weighted by molar-refractivity contribution is 5.87. The number of fused-ring (bicyclic) bond motifs is 1. The van der Waals surface area contributed by atoms with Crippen LogP contribution in [-0.4, -0.2) is 31.3 Å². The number of benzene rings is 3. The van der Waals surface area contributed by atoms with Crippen molar-refractivity contribution in [1.29, 1.82) is 0 Å². The molecule has 130 valence electrons. The van der Waals surface area contributed by atoms with Crippen LogP contribution in [0.5, 0.6) is 17.2 Å². The van der Waals surface area contributed by atoms with Gasteiger partial charge in [0.05, 0.1) is 14.2 Å². The maximum Gasteiger partial charge on any atom is 0.161 e. The predicted octanol–water partition coefficient (Wildman–Crippen LogP) is 4.19. The molecule has 3 aromatic carbocycles. The van der Waals surface area contributed by atoms with Gasteiger partial charge in [-0.3, -0.25) is 4.90 Å². The Balaban J connectivity index is 1.82. The van der Waals surface area contributed by atoms with Gasteiger partial charge in [-0.25, -0.2) is 0 Å². The van der Waals surface area contributed by atoms with Crippen LogP contribution < -0.4 is 9.47 Å². The van der Waals surface area contributed by atoms with Crippen molar-refractivity contribution < 1.29 is 14.6 Å². The number of nitrogens with zero attached hydrogens (tertiary/aromatic N) is 1. The Labute approximate surface area is 148 Å². The first-order chi connectivity index (χ1) is 12.1. The van der Waals surface area contributed by atoms with Crippen LogP contribution in [0.25, 0.3) is 10.8 Å². The van der Waals surface area contributed by atoms with Gasteiger partial charge in [-0.05, 0) is 41.6 Å². The van der Waals surface area contributed by atoms with Crippen molar-refractivity contribution in [3.05, 3.63) is 65.7 Å². The summed E-state index contributed by atoms with van der Waals surface area (Å²) < 4.78 is 10.7. The molecule has 3 rings (SSSR count). The van der Waals surface area contributed by atoms with Crippen LogP contribution in [0.2, 0.25) is 0 Å². The van der Waals surface area contributed by atoms with Gasteiger partial charge in [-0.15, -0.1) is 0 Å². The summed E-state index contributed by atoms with van der Waals surface area (Å²) in [5.74, 6) is 1.78. The standard InChI is InChI=1S/C21H23NO3/c1-22(13-15-8-11-20(24-2)21(12-15)25-3)14-18-17-7-5-4-6-16(17)9-10-19(18)23/h4-12,23H,13-14H2,1-3H3. The number of methoxy groups -OCH3 is 2. The molecule has 0 unspecified atom stereocenters. The van der Waals surface area contributed by atoms with Crippen molar-refractivity contribution in [3.63, 3.8) is 0 Å². The lowest BCUT2D eigenvalue weighted by atomic mass is 10.0. The zero-order valence-corrected chi connectivity index (χ0v) is 14.8. The number of ether oxygens (including phenoxy) is 2. The minimum absolute atomic E-state index is 0.331. The normalized spacial score (nSPS) is 11.0. The van der Waals surface area contributed by atoms with E-state index in [4.69, 9.17) is 9.47 Å². The summed E-state index contributed by atoms with van der Waals surface area (Å²) in [6, 6.07) is 17.8. The number of hydrogen-bond donors (Lipinski definition) is 1. The van der Waals surface area contributed by atoms with Crippen molar-refractivity contribution in [1.82, 2.24) is 4.90 Å². The van der Waals surface area contributed by atoms with Crippen LogP contribution in [0.1, 0.15) is 11.1 Å². The third-order valence-corrected chi connectivity index (χ3v) is 4.34. The second kappa shape index (κ2) is 7.45. The number of aromatic hydroxyl groups is 1. The van der Waals surface area contributed by atoms with E-state index in [1.807, 2.05) is 43.4 Å². The molecule has 0 amide bonds. The van der Waals surface area contributed by atoms with Gasteiger partial charge in [-0.2, -0.15) is 0 Å². The second-order valence-electron chi connectivity index (χ2n) is 6.15. The van der Waals surface area contributed by atoms with Crippen LogP contribution in [0.3, 0.4) is 0 Å². The van der Waals surface area contributed by atoms with Gasteiger partial charge < -0.3 is 14.6 Å². The molecular weight excluding hydrogens is 314 g/mol. The first-order valence-electron chi connectivity index (χ1n) is 8.21. The molecule has 0 spiro atoms. The Morgan fingerprint density at radius 2 is 1.64 bits per heavy atom. The maximum absolute atomic E-state index is 10.3. The highest BCUT2D eigenvalue weighted by atomic mass is 16.5. The molecule has 0 heterocycles. The van der Waals surface area contributed by atoms with E-state index >= 15 is 0 Å². The van der Waals surface area contributed by atoms with Crippen molar-refractivity contribution >= 4 is 10.8 Å². The molecular formula is C21H23NO3. The largest absolute Gasteiger partial charge is 0.508 e. The topological polar surface area (TPSA) is 41.9 Å². The quantitative estimate of drug-likeness (QED) is 0.732.